The molecule has 1 spiro atoms. The highest BCUT2D eigenvalue weighted by Crippen LogP contribution is 2.39. The minimum atomic E-state index is 0.323. The Balaban J connectivity index is 1.75. The first-order valence-corrected chi connectivity index (χ1v) is 6.86. The number of hydrogen-bond acceptors (Lipinski definition) is 1. The van der Waals surface area contributed by atoms with E-state index in [1.165, 1.54) is 49.8 Å². The molecule has 2 nitrogen and oxygen atoms in total. The summed E-state index contributed by atoms with van der Waals surface area (Å²) in [4.78, 5) is 0. The second-order valence-corrected chi connectivity index (χ2v) is 6.16. The molecule has 86 valence electrons. The minimum absolute atomic E-state index is 0.323. The van der Waals surface area contributed by atoms with Crippen LogP contribution in [0, 0.1) is 11.8 Å². The first-order valence-electron chi connectivity index (χ1n) is 6.32. The van der Waals surface area contributed by atoms with Gasteiger partial charge in [-0.15, -0.1) is 11.6 Å². The lowest BCUT2D eigenvalue weighted by molar-refractivity contribution is -0.928. The molecule has 15 heavy (non-hydrogen) atoms. The van der Waals surface area contributed by atoms with Gasteiger partial charge in [-0.3, -0.25) is 4.48 Å². The summed E-state index contributed by atoms with van der Waals surface area (Å²) in [5.41, 5.74) is 0. The summed E-state index contributed by atoms with van der Waals surface area (Å²) in [5, 5.41) is 0. The van der Waals surface area contributed by atoms with Crippen LogP contribution in [0.4, 0.5) is 0 Å². The van der Waals surface area contributed by atoms with Crippen LogP contribution in [0.1, 0.15) is 25.7 Å². The Bertz CT molecular complexity index is 224. The zero-order valence-corrected chi connectivity index (χ0v) is 10.1. The molecule has 0 N–H and O–H groups in total. The summed E-state index contributed by atoms with van der Waals surface area (Å²) in [7, 11) is 0. The standard InChI is InChI=1S/C12H21ClNO/c13-5-12-8-14(9-15-12)6-10-1-2-11(7-14)4-3-10/h10-12H,1-9H2/q+1. The Kier molecular flexibility index (Phi) is 2.70. The van der Waals surface area contributed by atoms with E-state index in [1.807, 2.05) is 0 Å². The molecule has 2 bridgehead atoms. The average molecular weight is 231 g/mol. The van der Waals surface area contributed by atoms with Gasteiger partial charge in [0.15, 0.2) is 6.73 Å². The van der Waals surface area contributed by atoms with Crippen molar-refractivity contribution in [3.8, 4) is 0 Å². The maximum atomic E-state index is 5.90. The fraction of sp³-hybridized carbons (Fsp3) is 1.00. The van der Waals surface area contributed by atoms with Crippen molar-refractivity contribution >= 4 is 11.6 Å². The molecule has 1 unspecified atom stereocenters. The van der Waals surface area contributed by atoms with E-state index in [0.29, 0.717) is 12.0 Å². The predicted molar refractivity (Wildman–Crippen MR) is 60.8 cm³/mol. The molecule has 4 rings (SSSR count). The Labute approximate surface area is 97.1 Å². The first kappa shape index (κ1) is 10.4. The molecule has 0 aromatic carbocycles. The van der Waals surface area contributed by atoms with Crippen molar-refractivity contribution in [2.45, 2.75) is 31.8 Å². The third kappa shape index (κ3) is 1.92. The number of ether oxygens (including phenoxy) is 1. The van der Waals surface area contributed by atoms with Gasteiger partial charge in [-0.25, -0.2) is 0 Å². The number of quaternary nitrogens is 1. The number of fused-ring (bicyclic) bond motifs is 2. The van der Waals surface area contributed by atoms with Crippen molar-refractivity contribution in [3.05, 3.63) is 0 Å². The molecule has 3 heterocycles. The van der Waals surface area contributed by atoms with Gasteiger partial charge < -0.3 is 4.74 Å². The van der Waals surface area contributed by atoms with E-state index in [2.05, 4.69) is 0 Å². The molecule has 1 aliphatic carbocycles. The van der Waals surface area contributed by atoms with Crippen LogP contribution in [-0.4, -0.2) is 42.8 Å². The quantitative estimate of drug-likeness (QED) is 0.496. The summed E-state index contributed by atoms with van der Waals surface area (Å²) in [6.07, 6.45) is 6.20. The predicted octanol–water partition coefficient (Wildman–Crippen LogP) is 2.22. The summed E-state index contributed by atoms with van der Waals surface area (Å²) in [6, 6.07) is 0. The molecule has 3 aliphatic heterocycles. The van der Waals surface area contributed by atoms with Crippen LogP contribution in [0.25, 0.3) is 0 Å². The molecular weight excluding hydrogens is 210 g/mol. The number of hydrogen-bond donors (Lipinski definition) is 0. The van der Waals surface area contributed by atoms with Crippen molar-refractivity contribution in [2.24, 2.45) is 11.8 Å². The zero-order chi connectivity index (χ0) is 10.3. The summed E-state index contributed by atoms with van der Waals surface area (Å²) < 4.78 is 7.04. The van der Waals surface area contributed by atoms with Crippen LogP contribution < -0.4 is 0 Å². The van der Waals surface area contributed by atoms with E-state index >= 15 is 0 Å². The second kappa shape index (κ2) is 3.90. The average Bonchev–Trinajstić information content (AvgIpc) is 2.46. The number of nitrogens with zero attached hydrogens (tertiary/aromatic N) is 1. The molecule has 3 saturated heterocycles. The van der Waals surface area contributed by atoms with E-state index in [4.69, 9.17) is 16.3 Å². The lowest BCUT2D eigenvalue weighted by Gasteiger charge is -2.33. The molecule has 0 aromatic heterocycles. The molecule has 4 aliphatic rings. The van der Waals surface area contributed by atoms with Gasteiger partial charge in [-0.1, -0.05) is 0 Å². The molecule has 0 aromatic rings. The van der Waals surface area contributed by atoms with E-state index in [1.54, 1.807) is 0 Å². The minimum Gasteiger partial charge on any atom is -0.321 e. The Morgan fingerprint density at radius 2 is 1.60 bits per heavy atom. The van der Waals surface area contributed by atoms with Gasteiger partial charge in [-0.2, -0.15) is 0 Å². The summed E-state index contributed by atoms with van der Waals surface area (Å²) in [5.74, 6) is 2.62. The summed E-state index contributed by atoms with van der Waals surface area (Å²) in [6.45, 7) is 4.84. The zero-order valence-electron chi connectivity index (χ0n) is 9.33. The molecular formula is C12H21ClNO+. The van der Waals surface area contributed by atoms with Crippen LogP contribution in [0.2, 0.25) is 0 Å². The monoisotopic (exact) mass is 230 g/mol. The van der Waals surface area contributed by atoms with Crippen LogP contribution in [0.5, 0.6) is 0 Å². The van der Waals surface area contributed by atoms with Gasteiger partial charge >= 0.3 is 0 Å². The highest BCUT2D eigenvalue weighted by molar-refractivity contribution is 6.18. The molecule has 4 fully saturated rings. The third-order valence-corrected chi connectivity index (χ3v) is 4.95. The van der Waals surface area contributed by atoms with E-state index in [-0.39, 0.29) is 0 Å². The largest absolute Gasteiger partial charge is 0.321 e. The fourth-order valence-corrected chi connectivity index (χ4v) is 4.10. The van der Waals surface area contributed by atoms with Crippen molar-refractivity contribution in [1.82, 2.24) is 0 Å². The van der Waals surface area contributed by atoms with Crippen molar-refractivity contribution in [1.29, 1.82) is 0 Å². The van der Waals surface area contributed by atoms with Gasteiger partial charge in [0.1, 0.15) is 12.6 Å². The number of rotatable bonds is 1. The Hall–Kier alpha value is 0.210. The van der Waals surface area contributed by atoms with E-state index in [0.717, 1.165) is 18.6 Å². The molecule has 3 heteroatoms. The van der Waals surface area contributed by atoms with Gasteiger partial charge in [0.05, 0.1) is 19.0 Å². The van der Waals surface area contributed by atoms with Crippen molar-refractivity contribution < 1.29 is 9.22 Å². The summed E-state index contributed by atoms with van der Waals surface area (Å²) >= 11 is 5.90. The SMILES string of the molecule is ClCC1C[N+]2(CO1)CC1CCC(CC1)C2. The fourth-order valence-electron chi connectivity index (χ4n) is 3.92. The molecule has 0 amide bonds. The maximum absolute atomic E-state index is 5.90. The van der Waals surface area contributed by atoms with Crippen LogP contribution in [0.15, 0.2) is 0 Å². The number of alkyl halides is 1. The van der Waals surface area contributed by atoms with Crippen LogP contribution >= 0.6 is 11.6 Å². The van der Waals surface area contributed by atoms with Crippen molar-refractivity contribution in [3.63, 3.8) is 0 Å². The molecule has 1 saturated carbocycles. The smallest absolute Gasteiger partial charge is 0.183 e. The Morgan fingerprint density at radius 1 is 1.00 bits per heavy atom. The highest BCUT2D eigenvalue weighted by Gasteiger charge is 2.45. The van der Waals surface area contributed by atoms with Gasteiger partial charge in [0.2, 0.25) is 0 Å². The Morgan fingerprint density at radius 3 is 2.07 bits per heavy atom. The van der Waals surface area contributed by atoms with Crippen LogP contribution in [-0.2, 0) is 4.74 Å². The second-order valence-electron chi connectivity index (χ2n) is 5.85. The maximum Gasteiger partial charge on any atom is 0.183 e. The molecule has 1 atom stereocenters. The molecule has 0 radical (unpaired) electrons. The normalized spacial score (nSPS) is 49.8. The van der Waals surface area contributed by atoms with E-state index in [9.17, 15) is 0 Å². The lowest BCUT2D eigenvalue weighted by Crippen LogP contribution is -2.49. The van der Waals surface area contributed by atoms with Crippen molar-refractivity contribution in [2.75, 3.05) is 32.2 Å². The van der Waals surface area contributed by atoms with Gasteiger partial charge in [0, 0.05) is 11.8 Å². The first-order chi connectivity index (χ1) is 7.30. The van der Waals surface area contributed by atoms with Gasteiger partial charge in [0.25, 0.3) is 0 Å². The van der Waals surface area contributed by atoms with Crippen LogP contribution in [0.3, 0.4) is 0 Å². The lowest BCUT2D eigenvalue weighted by atomic mass is 9.84. The van der Waals surface area contributed by atoms with E-state index < -0.39 is 0 Å². The van der Waals surface area contributed by atoms with Gasteiger partial charge in [-0.05, 0) is 25.7 Å². The number of halogens is 1. The third-order valence-electron chi connectivity index (χ3n) is 4.60. The highest BCUT2D eigenvalue weighted by atomic mass is 35.5. The topological polar surface area (TPSA) is 9.23 Å².